The van der Waals surface area contributed by atoms with Crippen LogP contribution in [0.5, 0.6) is 0 Å². The molecule has 0 atom stereocenters. The normalized spacial score (nSPS) is 15.4. The van der Waals surface area contributed by atoms with Crippen molar-refractivity contribution < 1.29 is 4.79 Å². The first-order valence-electron chi connectivity index (χ1n) is 8.00. The molecule has 4 nitrogen and oxygen atoms in total. The number of hydrogen-bond donors (Lipinski definition) is 1. The fraction of sp³-hybridized carbons (Fsp3) is 0.333. The second-order valence-electron chi connectivity index (χ2n) is 6.15. The van der Waals surface area contributed by atoms with Gasteiger partial charge in [-0.2, -0.15) is 0 Å². The Kier molecular flexibility index (Phi) is 5.27. The number of carbonyl (C=O) groups is 1. The van der Waals surface area contributed by atoms with E-state index in [0.717, 1.165) is 24.8 Å². The zero-order valence-electron chi connectivity index (χ0n) is 13.4. The number of rotatable bonds is 3. The number of halogens is 2. The molecule has 1 saturated heterocycles. The van der Waals surface area contributed by atoms with E-state index in [4.69, 9.17) is 23.2 Å². The first-order chi connectivity index (χ1) is 11.5. The molecule has 24 heavy (non-hydrogen) atoms. The van der Waals surface area contributed by atoms with Crippen LogP contribution in [-0.4, -0.2) is 24.0 Å². The summed E-state index contributed by atoms with van der Waals surface area (Å²) in [5.74, 6) is 1.45. The molecule has 2 heterocycles. The number of hydrogen-bond acceptors (Lipinski definition) is 3. The van der Waals surface area contributed by atoms with E-state index in [0.29, 0.717) is 21.3 Å². The molecule has 1 aliphatic rings. The van der Waals surface area contributed by atoms with Crippen LogP contribution in [0.15, 0.2) is 36.5 Å². The first kappa shape index (κ1) is 17.1. The largest absolute Gasteiger partial charge is 0.357 e. The highest BCUT2D eigenvalue weighted by molar-refractivity contribution is 6.36. The van der Waals surface area contributed by atoms with E-state index in [2.05, 4.69) is 22.1 Å². The smallest absolute Gasteiger partial charge is 0.257 e. The van der Waals surface area contributed by atoms with Crippen LogP contribution in [0.4, 0.5) is 11.5 Å². The summed E-state index contributed by atoms with van der Waals surface area (Å²) in [7, 11) is 0. The molecule has 1 aromatic carbocycles. The van der Waals surface area contributed by atoms with Crippen molar-refractivity contribution >= 4 is 40.6 Å². The number of aromatic nitrogens is 1. The van der Waals surface area contributed by atoms with Crippen LogP contribution in [0.3, 0.4) is 0 Å². The van der Waals surface area contributed by atoms with Crippen molar-refractivity contribution in [2.45, 2.75) is 19.8 Å². The molecule has 0 spiro atoms. The number of benzene rings is 1. The van der Waals surface area contributed by atoms with Gasteiger partial charge in [-0.3, -0.25) is 4.79 Å². The van der Waals surface area contributed by atoms with Gasteiger partial charge in [-0.25, -0.2) is 4.98 Å². The molecule has 1 aromatic heterocycles. The summed E-state index contributed by atoms with van der Waals surface area (Å²) in [6, 6.07) is 8.65. The fourth-order valence-electron chi connectivity index (χ4n) is 2.73. The summed E-state index contributed by atoms with van der Waals surface area (Å²) in [5, 5.41) is 3.71. The topological polar surface area (TPSA) is 45.2 Å². The summed E-state index contributed by atoms with van der Waals surface area (Å²) in [5.41, 5.74) is 1.02. The van der Waals surface area contributed by atoms with E-state index < -0.39 is 0 Å². The van der Waals surface area contributed by atoms with Crippen LogP contribution in [0.1, 0.15) is 30.1 Å². The molecular weight excluding hydrogens is 345 g/mol. The Hall–Kier alpha value is -1.78. The van der Waals surface area contributed by atoms with Gasteiger partial charge in [-0.1, -0.05) is 30.1 Å². The fourth-order valence-corrected chi connectivity index (χ4v) is 3.19. The zero-order chi connectivity index (χ0) is 17.1. The Labute approximate surface area is 151 Å². The van der Waals surface area contributed by atoms with Crippen molar-refractivity contribution in [2.24, 2.45) is 5.92 Å². The molecule has 0 bridgehead atoms. The lowest BCUT2D eigenvalue weighted by atomic mass is 9.99. The molecule has 1 N–H and O–H groups in total. The maximum atomic E-state index is 12.3. The van der Waals surface area contributed by atoms with Crippen molar-refractivity contribution in [3.8, 4) is 0 Å². The van der Waals surface area contributed by atoms with Crippen LogP contribution in [0, 0.1) is 5.92 Å². The number of nitrogens with one attached hydrogen (secondary N) is 1. The van der Waals surface area contributed by atoms with Gasteiger partial charge in [0.25, 0.3) is 5.91 Å². The van der Waals surface area contributed by atoms with Gasteiger partial charge >= 0.3 is 0 Å². The second kappa shape index (κ2) is 7.41. The molecule has 0 saturated carbocycles. The van der Waals surface area contributed by atoms with E-state index in [-0.39, 0.29) is 5.91 Å². The predicted molar refractivity (Wildman–Crippen MR) is 99.3 cm³/mol. The highest BCUT2D eigenvalue weighted by Crippen LogP contribution is 2.26. The number of amides is 1. The SMILES string of the molecule is CC1CCN(c2ccc(C(=O)Nc3ccc(Cl)cc3Cl)cn2)CC1. The van der Waals surface area contributed by atoms with Crippen molar-refractivity contribution in [1.29, 1.82) is 0 Å². The van der Waals surface area contributed by atoms with Gasteiger partial charge in [0.2, 0.25) is 0 Å². The van der Waals surface area contributed by atoms with Crippen LogP contribution < -0.4 is 10.2 Å². The third kappa shape index (κ3) is 4.00. The highest BCUT2D eigenvalue weighted by atomic mass is 35.5. The number of carbonyl (C=O) groups excluding carboxylic acids is 1. The van der Waals surface area contributed by atoms with E-state index in [1.54, 1.807) is 30.5 Å². The summed E-state index contributed by atoms with van der Waals surface area (Å²) < 4.78 is 0. The monoisotopic (exact) mass is 363 g/mol. The Morgan fingerprint density at radius 1 is 1.21 bits per heavy atom. The number of nitrogens with zero attached hydrogens (tertiary/aromatic N) is 2. The Bertz CT molecular complexity index is 726. The van der Waals surface area contributed by atoms with E-state index in [9.17, 15) is 4.79 Å². The van der Waals surface area contributed by atoms with E-state index in [1.807, 2.05) is 6.07 Å². The Morgan fingerprint density at radius 2 is 1.96 bits per heavy atom. The van der Waals surface area contributed by atoms with Gasteiger partial charge in [0, 0.05) is 24.3 Å². The first-order valence-corrected chi connectivity index (χ1v) is 8.76. The summed E-state index contributed by atoms with van der Waals surface area (Å²) in [4.78, 5) is 19.0. The molecule has 3 rings (SSSR count). The van der Waals surface area contributed by atoms with Crippen molar-refractivity contribution in [2.75, 3.05) is 23.3 Å². The lowest BCUT2D eigenvalue weighted by Gasteiger charge is -2.31. The van der Waals surface area contributed by atoms with E-state index >= 15 is 0 Å². The molecule has 1 fully saturated rings. The minimum atomic E-state index is -0.245. The highest BCUT2D eigenvalue weighted by Gasteiger charge is 2.17. The second-order valence-corrected chi connectivity index (χ2v) is 7.00. The average Bonchev–Trinajstić information content (AvgIpc) is 2.58. The van der Waals surface area contributed by atoms with E-state index in [1.165, 1.54) is 12.8 Å². The number of pyridine rings is 1. The molecule has 126 valence electrons. The third-order valence-corrected chi connectivity index (χ3v) is 4.84. The summed E-state index contributed by atoms with van der Waals surface area (Å²) >= 11 is 11.9. The lowest BCUT2D eigenvalue weighted by Crippen LogP contribution is -2.33. The minimum Gasteiger partial charge on any atom is -0.357 e. The zero-order valence-corrected chi connectivity index (χ0v) is 14.9. The predicted octanol–water partition coefficient (Wildman–Crippen LogP) is 4.88. The van der Waals surface area contributed by atoms with Gasteiger partial charge in [0.15, 0.2) is 0 Å². The molecule has 0 aliphatic carbocycles. The van der Waals surface area contributed by atoms with Gasteiger partial charge < -0.3 is 10.2 Å². The molecule has 0 unspecified atom stereocenters. The molecule has 1 amide bonds. The minimum absolute atomic E-state index is 0.245. The molecule has 6 heteroatoms. The summed E-state index contributed by atoms with van der Waals surface area (Å²) in [6.07, 6.45) is 3.96. The molecular formula is C18H19Cl2N3O. The van der Waals surface area contributed by atoms with Crippen LogP contribution in [0.2, 0.25) is 10.0 Å². The van der Waals surface area contributed by atoms with Crippen LogP contribution >= 0.6 is 23.2 Å². The maximum Gasteiger partial charge on any atom is 0.257 e. The number of anilines is 2. The van der Waals surface area contributed by atoms with Crippen molar-refractivity contribution in [3.63, 3.8) is 0 Å². The van der Waals surface area contributed by atoms with Gasteiger partial charge in [0.05, 0.1) is 16.3 Å². The quantitative estimate of drug-likeness (QED) is 0.845. The van der Waals surface area contributed by atoms with Crippen molar-refractivity contribution in [3.05, 3.63) is 52.1 Å². The molecule has 1 aliphatic heterocycles. The Balaban J connectivity index is 1.67. The lowest BCUT2D eigenvalue weighted by molar-refractivity contribution is 0.102. The van der Waals surface area contributed by atoms with Crippen LogP contribution in [0.25, 0.3) is 0 Å². The Morgan fingerprint density at radius 3 is 2.58 bits per heavy atom. The molecule has 2 aromatic rings. The number of piperidine rings is 1. The average molecular weight is 364 g/mol. The van der Waals surface area contributed by atoms with Crippen LogP contribution in [-0.2, 0) is 0 Å². The standard InChI is InChI=1S/C18H19Cl2N3O/c1-12-6-8-23(9-7-12)17-5-2-13(11-21-17)18(24)22-16-4-3-14(19)10-15(16)20/h2-5,10-12H,6-9H2,1H3,(H,22,24). The maximum absolute atomic E-state index is 12.3. The third-order valence-electron chi connectivity index (χ3n) is 4.30. The van der Waals surface area contributed by atoms with Crippen molar-refractivity contribution in [1.82, 2.24) is 4.98 Å². The molecule has 0 radical (unpaired) electrons. The van der Waals surface area contributed by atoms with Gasteiger partial charge in [-0.15, -0.1) is 0 Å². The summed E-state index contributed by atoms with van der Waals surface area (Å²) in [6.45, 7) is 4.31. The van der Waals surface area contributed by atoms with Gasteiger partial charge in [0.1, 0.15) is 5.82 Å². The van der Waals surface area contributed by atoms with Gasteiger partial charge in [-0.05, 0) is 49.1 Å².